The molecule has 1 aromatic carbocycles. The van der Waals surface area contributed by atoms with Crippen LogP contribution >= 0.6 is 0 Å². The second-order valence-corrected chi connectivity index (χ2v) is 4.72. The first-order valence-electron chi connectivity index (χ1n) is 6.17. The fourth-order valence-corrected chi connectivity index (χ4v) is 2.34. The van der Waals surface area contributed by atoms with Crippen LogP contribution in [0.5, 0.6) is 0 Å². The number of Topliss-reactive ketones (excluding diaryl/α,β-unsaturated/α-hetero) is 1. The van der Waals surface area contributed by atoms with Gasteiger partial charge in [0.05, 0.1) is 0 Å². The van der Waals surface area contributed by atoms with Gasteiger partial charge in [-0.1, -0.05) is 24.3 Å². The molecule has 2 unspecified atom stereocenters. The summed E-state index contributed by atoms with van der Waals surface area (Å²) in [6, 6.07) is 7.00. The van der Waals surface area contributed by atoms with Gasteiger partial charge < -0.3 is 5.11 Å². The summed E-state index contributed by atoms with van der Waals surface area (Å²) >= 11 is 0. The molecule has 4 heteroatoms. The monoisotopic (exact) mass is 247 g/mol. The SMILES string of the molecule is CC(=O)c1ccc(C2CCCC(C(=O)O)N2)cc1. The Balaban J connectivity index is 2.11. The summed E-state index contributed by atoms with van der Waals surface area (Å²) in [4.78, 5) is 22.1. The highest BCUT2D eigenvalue weighted by atomic mass is 16.4. The van der Waals surface area contributed by atoms with Crippen molar-refractivity contribution in [2.45, 2.75) is 38.3 Å². The fourth-order valence-electron chi connectivity index (χ4n) is 2.34. The molecule has 1 aliphatic heterocycles. The summed E-state index contributed by atoms with van der Waals surface area (Å²) in [7, 11) is 0. The molecular formula is C14H17NO3. The number of carbonyl (C=O) groups excluding carboxylic acids is 1. The summed E-state index contributed by atoms with van der Waals surface area (Å²) in [5.41, 5.74) is 1.73. The summed E-state index contributed by atoms with van der Waals surface area (Å²) in [5.74, 6) is -0.748. The molecule has 0 radical (unpaired) electrons. The van der Waals surface area contributed by atoms with E-state index in [0.717, 1.165) is 18.4 Å². The van der Waals surface area contributed by atoms with Crippen molar-refractivity contribution >= 4 is 11.8 Å². The van der Waals surface area contributed by atoms with Crippen LogP contribution in [-0.2, 0) is 4.79 Å². The first-order chi connectivity index (χ1) is 8.58. The molecule has 0 spiro atoms. The second kappa shape index (κ2) is 5.31. The maximum Gasteiger partial charge on any atom is 0.320 e. The third-order valence-corrected chi connectivity index (χ3v) is 3.41. The van der Waals surface area contributed by atoms with E-state index in [1.807, 2.05) is 12.1 Å². The number of benzene rings is 1. The van der Waals surface area contributed by atoms with Gasteiger partial charge in [0, 0.05) is 11.6 Å². The van der Waals surface area contributed by atoms with Crippen LogP contribution in [0.25, 0.3) is 0 Å². The average molecular weight is 247 g/mol. The molecular weight excluding hydrogens is 230 g/mol. The highest BCUT2D eigenvalue weighted by Crippen LogP contribution is 2.25. The van der Waals surface area contributed by atoms with Crippen LogP contribution in [0.2, 0.25) is 0 Å². The van der Waals surface area contributed by atoms with E-state index in [2.05, 4.69) is 5.32 Å². The van der Waals surface area contributed by atoms with Gasteiger partial charge in [-0.05, 0) is 31.7 Å². The largest absolute Gasteiger partial charge is 0.480 e. The first kappa shape index (κ1) is 12.8. The van der Waals surface area contributed by atoms with E-state index in [1.165, 1.54) is 6.92 Å². The van der Waals surface area contributed by atoms with Crippen LogP contribution in [0.4, 0.5) is 0 Å². The van der Waals surface area contributed by atoms with E-state index in [4.69, 9.17) is 5.11 Å². The van der Waals surface area contributed by atoms with Crippen molar-refractivity contribution in [1.82, 2.24) is 5.32 Å². The minimum atomic E-state index is -0.792. The number of hydrogen-bond acceptors (Lipinski definition) is 3. The Kier molecular flexibility index (Phi) is 3.77. The molecule has 1 aliphatic rings. The van der Waals surface area contributed by atoms with Gasteiger partial charge >= 0.3 is 5.97 Å². The Morgan fingerprint density at radius 2 is 1.89 bits per heavy atom. The second-order valence-electron chi connectivity index (χ2n) is 4.72. The summed E-state index contributed by atoms with van der Waals surface area (Å²) < 4.78 is 0. The number of ketones is 1. The molecule has 1 saturated heterocycles. The van der Waals surface area contributed by atoms with E-state index in [0.29, 0.717) is 12.0 Å². The summed E-state index contributed by atoms with van der Waals surface area (Å²) in [6.07, 6.45) is 2.52. The fraction of sp³-hybridized carbons (Fsp3) is 0.429. The van der Waals surface area contributed by atoms with Crippen molar-refractivity contribution in [3.63, 3.8) is 0 Å². The predicted molar refractivity (Wildman–Crippen MR) is 67.6 cm³/mol. The highest BCUT2D eigenvalue weighted by Gasteiger charge is 2.26. The number of piperidine rings is 1. The zero-order valence-corrected chi connectivity index (χ0v) is 10.3. The molecule has 2 N–H and O–H groups in total. The quantitative estimate of drug-likeness (QED) is 0.803. The van der Waals surface area contributed by atoms with Crippen molar-refractivity contribution in [2.24, 2.45) is 0 Å². The van der Waals surface area contributed by atoms with E-state index in [9.17, 15) is 9.59 Å². The maximum absolute atomic E-state index is 11.2. The molecule has 96 valence electrons. The van der Waals surface area contributed by atoms with Crippen LogP contribution in [0.1, 0.15) is 48.1 Å². The smallest absolute Gasteiger partial charge is 0.320 e. The Morgan fingerprint density at radius 1 is 1.22 bits per heavy atom. The number of hydrogen-bond donors (Lipinski definition) is 2. The lowest BCUT2D eigenvalue weighted by atomic mass is 9.93. The lowest BCUT2D eigenvalue weighted by Gasteiger charge is -2.28. The Morgan fingerprint density at radius 3 is 2.44 bits per heavy atom. The van der Waals surface area contributed by atoms with Crippen molar-refractivity contribution < 1.29 is 14.7 Å². The van der Waals surface area contributed by atoms with Gasteiger partial charge in [0.1, 0.15) is 6.04 Å². The molecule has 2 rings (SSSR count). The third kappa shape index (κ3) is 2.76. The van der Waals surface area contributed by atoms with E-state index >= 15 is 0 Å². The molecule has 2 atom stereocenters. The minimum Gasteiger partial charge on any atom is -0.480 e. The van der Waals surface area contributed by atoms with Crippen molar-refractivity contribution in [2.75, 3.05) is 0 Å². The molecule has 0 amide bonds. The molecule has 0 aliphatic carbocycles. The molecule has 1 fully saturated rings. The zero-order valence-electron chi connectivity index (χ0n) is 10.3. The van der Waals surface area contributed by atoms with E-state index in [-0.39, 0.29) is 11.8 Å². The molecule has 0 aromatic heterocycles. The summed E-state index contributed by atoms with van der Waals surface area (Å²) in [5, 5.41) is 12.1. The number of carbonyl (C=O) groups is 2. The van der Waals surface area contributed by atoms with E-state index < -0.39 is 12.0 Å². The zero-order chi connectivity index (χ0) is 13.1. The predicted octanol–water partition coefficient (Wildman–Crippen LogP) is 2.16. The van der Waals surface area contributed by atoms with Crippen molar-refractivity contribution in [3.05, 3.63) is 35.4 Å². The lowest BCUT2D eigenvalue weighted by molar-refractivity contribution is -0.140. The highest BCUT2D eigenvalue weighted by molar-refractivity contribution is 5.94. The standard InChI is InChI=1S/C14H17NO3/c1-9(16)10-5-7-11(8-6-10)12-3-2-4-13(15-12)14(17)18/h5-8,12-13,15H,2-4H2,1H3,(H,17,18). The van der Waals surface area contributed by atoms with Gasteiger partial charge in [0.25, 0.3) is 0 Å². The van der Waals surface area contributed by atoms with Gasteiger partial charge in [-0.15, -0.1) is 0 Å². The Labute approximate surface area is 106 Å². The normalized spacial score (nSPS) is 23.6. The number of carboxylic acids is 1. The summed E-state index contributed by atoms with van der Waals surface area (Å²) in [6.45, 7) is 1.54. The Hall–Kier alpha value is -1.68. The molecule has 1 heterocycles. The van der Waals surface area contributed by atoms with Crippen molar-refractivity contribution in [1.29, 1.82) is 0 Å². The average Bonchev–Trinajstić information content (AvgIpc) is 2.39. The van der Waals surface area contributed by atoms with Crippen LogP contribution < -0.4 is 5.32 Å². The third-order valence-electron chi connectivity index (χ3n) is 3.41. The van der Waals surface area contributed by atoms with Crippen LogP contribution in [0.3, 0.4) is 0 Å². The topological polar surface area (TPSA) is 66.4 Å². The molecule has 18 heavy (non-hydrogen) atoms. The number of nitrogens with one attached hydrogen (secondary N) is 1. The number of aliphatic carboxylic acids is 1. The van der Waals surface area contributed by atoms with Gasteiger partial charge in [-0.3, -0.25) is 14.9 Å². The number of rotatable bonds is 3. The van der Waals surface area contributed by atoms with Gasteiger partial charge in [-0.2, -0.15) is 0 Å². The molecule has 0 saturated carbocycles. The first-order valence-corrected chi connectivity index (χ1v) is 6.17. The van der Waals surface area contributed by atoms with Gasteiger partial charge in [0.15, 0.2) is 5.78 Å². The molecule has 4 nitrogen and oxygen atoms in total. The van der Waals surface area contributed by atoms with Crippen LogP contribution in [0.15, 0.2) is 24.3 Å². The van der Waals surface area contributed by atoms with Gasteiger partial charge in [0.2, 0.25) is 0 Å². The van der Waals surface area contributed by atoms with Crippen molar-refractivity contribution in [3.8, 4) is 0 Å². The van der Waals surface area contributed by atoms with Crippen LogP contribution in [0, 0.1) is 0 Å². The van der Waals surface area contributed by atoms with Gasteiger partial charge in [-0.25, -0.2) is 0 Å². The minimum absolute atomic E-state index is 0.0431. The molecule has 0 bridgehead atoms. The lowest BCUT2D eigenvalue weighted by Crippen LogP contribution is -2.42. The maximum atomic E-state index is 11.2. The van der Waals surface area contributed by atoms with Crippen LogP contribution in [-0.4, -0.2) is 22.9 Å². The Bertz CT molecular complexity index is 453. The number of carboxylic acid groups (broad SMARTS) is 1. The molecule has 1 aromatic rings. The van der Waals surface area contributed by atoms with E-state index in [1.54, 1.807) is 12.1 Å².